The van der Waals surface area contributed by atoms with Gasteiger partial charge in [-0.3, -0.25) is 0 Å². The summed E-state index contributed by atoms with van der Waals surface area (Å²) in [6.45, 7) is 0. The van der Waals surface area contributed by atoms with Crippen molar-refractivity contribution in [2.75, 3.05) is 0 Å². The molecule has 0 aromatic rings. The van der Waals surface area contributed by atoms with Crippen molar-refractivity contribution in [1.29, 1.82) is 0 Å². The molecule has 1 atom stereocenters. The van der Waals surface area contributed by atoms with Crippen molar-refractivity contribution in [3.8, 4) is 5.63 Å². The number of hydrogen-bond acceptors (Lipinski definition) is 3. The van der Waals surface area contributed by atoms with E-state index >= 15 is 0 Å². The van der Waals surface area contributed by atoms with Crippen LogP contribution in [0.15, 0.2) is 0 Å². The number of carboxylic acid groups (broad SMARTS) is 1. The molecule has 0 heterocycles. The third-order valence-electron chi connectivity index (χ3n) is 2.19. The number of aliphatic carboxylic acids is 1. The first-order valence-corrected chi connectivity index (χ1v) is 6.03. The summed E-state index contributed by atoms with van der Waals surface area (Å²) in [5.74, 6) is -0.923. The Morgan fingerprint density at radius 3 is 2.38 bits per heavy atom. The summed E-state index contributed by atoms with van der Waals surface area (Å²) in [6.07, 6.45) is 6.33. The normalized spacial score (nSPS) is 11.1. The molecule has 0 radical (unpaired) electrons. The summed E-state index contributed by atoms with van der Waals surface area (Å²) in [7, 11) is -0.0115. The summed E-state index contributed by atoms with van der Waals surface area (Å²) >= 11 is 0. The molecule has 0 bridgehead atoms. The zero-order valence-electron chi connectivity index (χ0n) is 9.32. The molecular formula is C10H20NO4P. The van der Waals surface area contributed by atoms with E-state index in [0.717, 1.165) is 38.5 Å². The molecule has 0 aliphatic carbocycles. The van der Waals surface area contributed by atoms with Crippen LogP contribution in [-0.2, 0) is 9.36 Å². The molecule has 0 amide bonds. The van der Waals surface area contributed by atoms with E-state index in [-0.39, 0.29) is 13.4 Å². The van der Waals surface area contributed by atoms with Gasteiger partial charge >= 0.3 is 90.7 Å². The summed E-state index contributed by atoms with van der Waals surface area (Å²) in [6, 6.07) is -0.717. The van der Waals surface area contributed by atoms with E-state index in [1.165, 1.54) is 0 Å². The minimum atomic E-state index is -0.923. The van der Waals surface area contributed by atoms with E-state index in [2.05, 4.69) is 5.63 Å². The summed E-state index contributed by atoms with van der Waals surface area (Å²) in [5, 5.41) is 8.52. The van der Waals surface area contributed by atoms with E-state index in [9.17, 15) is 9.36 Å². The van der Waals surface area contributed by atoms with Crippen LogP contribution in [0, 0.1) is 5.63 Å². The second-order valence-electron chi connectivity index (χ2n) is 3.50. The predicted octanol–water partition coefficient (Wildman–Crippen LogP) is 1.56. The number of rotatable bonds is 8. The fraction of sp³-hybridized carbons (Fsp3) is 0.800. The maximum Gasteiger partial charge on any atom is -0.412 e. The van der Waals surface area contributed by atoms with E-state index in [0.29, 0.717) is 6.42 Å². The number of hydrogen-bond donors (Lipinski definition) is 2. The van der Waals surface area contributed by atoms with Gasteiger partial charge in [0.1, 0.15) is 0 Å². The minimum Gasteiger partial charge on any atom is -0.412 e. The maximum absolute atomic E-state index is 10.4. The number of unbranched alkanes of at least 4 members (excludes halogenated alkanes) is 5. The molecule has 0 aromatic heterocycles. The monoisotopic (exact) mass is 249 g/mol. The zero-order valence-corrected chi connectivity index (χ0v) is 10.2. The molecule has 0 spiro atoms. The van der Waals surface area contributed by atoms with Gasteiger partial charge in [0.15, 0.2) is 0 Å². The van der Waals surface area contributed by atoms with Gasteiger partial charge in [0, 0.05) is 0 Å². The largest absolute Gasteiger partial charge is 0.412 e. The van der Waals surface area contributed by atoms with Crippen LogP contribution >= 0.6 is 7.92 Å². The predicted molar refractivity (Wildman–Crippen MR) is 63.0 cm³/mol. The van der Waals surface area contributed by atoms with Crippen LogP contribution in [0.2, 0.25) is 0 Å². The Labute approximate surface area is 96.8 Å². The van der Waals surface area contributed by atoms with Crippen LogP contribution in [0.4, 0.5) is 0 Å². The standard InChI is InChI=1S/C10H18NO3P.H2O/c11-9(10(12)13)7-5-3-1-2-4-6-8-15-14;/h9H,1-7,11H2,(H,12,13);1H2. The molecule has 1 unspecified atom stereocenters. The first-order valence-electron chi connectivity index (χ1n) is 5.22. The van der Waals surface area contributed by atoms with Gasteiger partial charge in [0.25, 0.3) is 0 Å². The molecule has 0 aliphatic heterocycles. The fourth-order valence-corrected chi connectivity index (χ4v) is 1.52. The van der Waals surface area contributed by atoms with Crippen molar-refractivity contribution in [2.45, 2.75) is 51.0 Å². The van der Waals surface area contributed by atoms with E-state index in [1.807, 2.05) is 0 Å². The van der Waals surface area contributed by atoms with Crippen molar-refractivity contribution >= 4 is 13.9 Å². The molecule has 0 aromatic carbocycles. The summed E-state index contributed by atoms with van der Waals surface area (Å²) < 4.78 is 10.00. The molecule has 0 saturated heterocycles. The molecule has 16 heavy (non-hydrogen) atoms. The zero-order chi connectivity index (χ0) is 11.5. The Morgan fingerprint density at radius 1 is 1.25 bits per heavy atom. The third kappa shape index (κ3) is 11.5. The molecular weight excluding hydrogens is 229 g/mol. The second kappa shape index (κ2) is 12.5. The molecule has 6 heteroatoms. The van der Waals surface area contributed by atoms with Crippen LogP contribution in [0.25, 0.3) is 0 Å². The van der Waals surface area contributed by atoms with Gasteiger partial charge in [0.05, 0.1) is 0 Å². The average molecular weight is 249 g/mol. The third-order valence-corrected chi connectivity index (χ3v) is 2.54. The van der Waals surface area contributed by atoms with E-state index < -0.39 is 12.0 Å². The molecule has 0 fully saturated rings. The van der Waals surface area contributed by atoms with Gasteiger partial charge in [0.2, 0.25) is 0 Å². The van der Waals surface area contributed by atoms with Crippen molar-refractivity contribution < 1.29 is 19.9 Å². The molecule has 0 saturated carbocycles. The number of nitrogens with two attached hydrogens (primary N) is 1. The Morgan fingerprint density at radius 2 is 1.81 bits per heavy atom. The minimum absolute atomic E-state index is 0. The SMILES string of the molecule is NC(CCCCCCCC#P=O)C(=O)O.O. The van der Waals surface area contributed by atoms with Gasteiger partial charge < -0.3 is 5.48 Å². The van der Waals surface area contributed by atoms with Gasteiger partial charge in [-0.15, -0.1) is 0 Å². The van der Waals surface area contributed by atoms with Crippen LogP contribution in [0.3, 0.4) is 0 Å². The molecule has 0 rings (SSSR count). The first kappa shape index (κ1) is 17.8. The Hall–Kier alpha value is -0.600. The van der Waals surface area contributed by atoms with Gasteiger partial charge in [-0.2, -0.15) is 0 Å². The Kier molecular flexibility index (Phi) is 13.9. The average Bonchev–Trinajstić information content (AvgIpc) is 2.21. The molecule has 0 aliphatic rings. The maximum atomic E-state index is 10.4. The van der Waals surface area contributed by atoms with Crippen molar-refractivity contribution in [2.24, 2.45) is 5.73 Å². The molecule has 5 nitrogen and oxygen atoms in total. The molecule has 5 N–H and O–H groups in total. The van der Waals surface area contributed by atoms with Crippen molar-refractivity contribution in [3.05, 3.63) is 0 Å². The summed E-state index contributed by atoms with van der Waals surface area (Å²) in [4.78, 5) is 10.4. The number of carboxylic acids is 1. The fourth-order valence-electron chi connectivity index (χ4n) is 1.27. The topological polar surface area (TPSA) is 112 Å². The van der Waals surface area contributed by atoms with Crippen molar-refractivity contribution in [1.82, 2.24) is 0 Å². The van der Waals surface area contributed by atoms with Crippen LogP contribution in [0.1, 0.15) is 44.9 Å². The number of carbonyl (C=O) groups is 1. The quantitative estimate of drug-likeness (QED) is 0.502. The van der Waals surface area contributed by atoms with Crippen LogP contribution < -0.4 is 5.73 Å². The van der Waals surface area contributed by atoms with Gasteiger partial charge in [-0.05, 0) is 0 Å². The van der Waals surface area contributed by atoms with Crippen LogP contribution in [0.5, 0.6) is 0 Å². The summed E-state index contributed by atoms with van der Waals surface area (Å²) in [5.41, 5.74) is 8.04. The first-order chi connectivity index (χ1) is 7.18. The van der Waals surface area contributed by atoms with E-state index in [4.69, 9.17) is 10.8 Å². The van der Waals surface area contributed by atoms with E-state index in [1.54, 1.807) is 0 Å². The smallest absolute Gasteiger partial charge is 0.412 e. The second-order valence-corrected chi connectivity index (χ2v) is 4.00. The van der Waals surface area contributed by atoms with Crippen molar-refractivity contribution in [3.63, 3.8) is 0 Å². The van der Waals surface area contributed by atoms with Crippen LogP contribution in [-0.4, -0.2) is 22.6 Å². The Balaban J connectivity index is 0. The van der Waals surface area contributed by atoms with Gasteiger partial charge in [-0.1, -0.05) is 0 Å². The Bertz CT molecular complexity index is 276. The molecule has 94 valence electrons. The van der Waals surface area contributed by atoms with Gasteiger partial charge in [-0.25, -0.2) is 0 Å².